The molecule has 0 aliphatic carbocycles. The third-order valence-electron chi connectivity index (χ3n) is 5.57. The van der Waals surface area contributed by atoms with E-state index in [1.807, 2.05) is 55.3 Å². The number of carbonyl (C=O) groups is 2. The van der Waals surface area contributed by atoms with Crippen LogP contribution in [0.5, 0.6) is 5.75 Å². The van der Waals surface area contributed by atoms with Crippen molar-refractivity contribution < 1.29 is 14.3 Å². The van der Waals surface area contributed by atoms with E-state index in [-0.39, 0.29) is 17.7 Å². The zero-order valence-electron chi connectivity index (χ0n) is 17.6. The molecule has 0 unspecified atom stereocenters. The van der Waals surface area contributed by atoms with Crippen molar-refractivity contribution in [2.75, 3.05) is 33.8 Å². The first-order valence-corrected chi connectivity index (χ1v) is 10.3. The Morgan fingerprint density at radius 2 is 1.76 bits per heavy atom. The van der Waals surface area contributed by atoms with Crippen LogP contribution < -0.4 is 4.74 Å². The Hall–Kier alpha value is -2.82. The van der Waals surface area contributed by atoms with Gasteiger partial charge in [-0.2, -0.15) is 0 Å². The lowest BCUT2D eigenvalue weighted by Gasteiger charge is -2.24. The predicted octanol–water partition coefficient (Wildman–Crippen LogP) is 3.62. The van der Waals surface area contributed by atoms with Crippen LogP contribution in [0.4, 0.5) is 0 Å². The Morgan fingerprint density at radius 3 is 2.48 bits per heavy atom. The van der Waals surface area contributed by atoms with Gasteiger partial charge in [-0.05, 0) is 30.0 Å². The van der Waals surface area contributed by atoms with Crippen LogP contribution in [0.3, 0.4) is 0 Å². The second-order valence-corrected chi connectivity index (χ2v) is 7.61. The van der Waals surface area contributed by atoms with E-state index in [0.29, 0.717) is 32.5 Å². The van der Waals surface area contributed by atoms with Gasteiger partial charge in [-0.15, -0.1) is 0 Å². The number of hydrogen-bond donors (Lipinski definition) is 0. The monoisotopic (exact) mass is 394 g/mol. The molecule has 154 valence electrons. The first kappa shape index (κ1) is 20.9. The molecule has 1 aliphatic rings. The molecule has 1 atom stereocenters. The number of para-hydroxylation sites is 1. The van der Waals surface area contributed by atoms with Crippen LogP contribution in [0.15, 0.2) is 48.5 Å². The average molecular weight is 395 g/mol. The maximum Gasteiger partial charge on any atom is 0.227 e. The Balaban J connectivity index is 1.91. The zero-order chi connectivity index (χ0) is 20.8. The van der Waals surface area contributed by atoms with Crippen LogP contribution in [-0.4, -0.2) is 55.4 Å². The highest BCUT2D eigenvalue weighted by Gasteiger charge is 2.31. The first-order valence-electron chi connectivity index (χ1n) is 10.3. The van der Waals surface area contributed by atoms with Crippen LogP contribution in [0.2, 0.25) is 0 Å². The van der Waals surface area contributed by atoms with Gasteiger partial charge in [-0.1, -0.05) is 49.4 Å². The Labute approximate surface area is 173 Å². The van der Waals surface area contributed by atoms with Gasteiger partial charge in [0, 0.05) is 38.7 Å². The number of ether oxygens (including phenoxy) is 1. The molecule has 5 heteroatoms. The Bertz CT molecular complexity index is 865. The van der Waals surface area contributed by atoms with Crippen molar-refractivity contribution in [1.29, 1.82) is 0 Å². The highest BCUT2D eigenvalue weighted by atomic mass is 16.5. The quantitative estimate of drug-likeness (QED) is 0.752. The fourth-order valence-corrected chi connectivity index (χ4v) is 3.97. The Morgan fingerprint density at radius 1 is 1.07 bits per heavy atom. The van der Waals surface area contributed by atoms with E-state index in [1.54, 1.807) is 12.0 Å². The SMILES string of the molecule is CCCC(=O)N1CCN(C)C(=O)[C@H](Cc2ccccc2-c2ccccc2OC)C1. The number of benzene rings is 2. The van der Waals surface area contributed by atoms with Gasteiger partial charge in [0.15, 0.2) is 0 Å². The first-order chi connectivity index (χ1) is 14.0. The molecule has 0 bridgehead atoms. The molecule has 0 N–H and O–H groups in total. The number of amides is 2. The summed E-state index contributed by atoms with van der Waals surface area (Å²) in [6.07, 6.45) is 1.94. The molecule has 1 fully saturated rings. The molecule has 0 saturated carbocycles. The summed E-state index contributed by atoms with van der Waals surface area (Å²) in [5.74, 6) is 0.799. The molecule has 2 aromatic carbocycles. The molecule has 0 aromatic heterocycles. The average Bonchev–Trinajstić information content (AvgIpc) is 2.88. The van der Waals surface area contributed by atoms with Crippen LogP contribution in [0, 0.1) is 5.92 Å². The maximum atomic E-state index is 13.0. The lowest BCUT2D eigenvalue weighted by Crippen LogP contribution is -2.37. The van der Waals surface area contributed by atoms with E-state index in [9.17, 15) is 9.59 Å². The minimum absolute atomic E-state index is 0.103. The van der Waals surface area contributed by atoms with Crippen molar-refractivity contribution in [1.82, 2.24) is 9.80 Å². The number of carbonyl (C=O) groups excluding carboxylic acids is 2. The van der Waals surface area contributed by atoms with Gasteiger partial charge in [0.25, 0.3) is 0 Å². The number of hydrogen-bond acceptors (Lipinski definition) is 3. The van der Waals surface area contributed by atoms with Crippen molar-refractivity contribution in [3.63, 3.8) is 0 Å². The summed E-state index contributed by atoms with van der Waals surface area (Å²) >= 11 is 0. The fourth-order valence-electron chi connectivity index (χ4n) is 3.97. The third-order valence-corrected chi connectivity index (χ3v) is 5.57. The lowest BCUT2D eigenvalue weighted by atomic mass is 9.91. The summed E-state index contributed by atoms with van der Waals surface area (Å²) in [6, 6.07) is 16.1. The molecule has 29 heavy (non-hydrogen) atoms. The second kappa shape index (κ2) is 9.59. The van der Waals surface area contributed by atoms with E-state index in [0.717, 1.165) is 28.9 Å². The number of methoxy groups -OCH3 is 1. The van der Waals surface area contributed by atoms with Gasteiger partial charge in [-0.3, -0.25) is 9.59 Å². The predicted molar refractivity (Wildman–Crippen MR) is 115 cm³/mol. The highest BCUT2D eigenvalue weighted by Crippen LogP contribution is 2.33. The smallest absolute Gasteiger partial charge is 0.227 e. The fraction of sp³-hybridized carbons (Fsp3) is 0.417. The van der Waals surface area contributed by atoms with E-state index in [4.69, 9.17) is 4.74 Å². The molecule has 1 saturated heterocycles. The summed E-state index contributed by atoms with van der Waals surface area (Å²) in [6.45, 7) is 3.67. The van der Waals surface area contributed by atoms with Crippen molar-refractivity contribution >= 4 is 11.8 Å². The zero-order valence-corrected chi connectivity index (χ0v) is 17.6. The van der Waals surface area contributed by atoms with Gasteiger partial charge < -0.3 is 14.5 Å². The van der Waals surface area contributed by atoms with Crippen molar-refractivity contribution in [3.05, 3.63) is 54.1 Å². The topological polar surface area (TPSA) is 49.9 Å². The van der Waals surface area contributed by atoms with E-state index >= 15 is 0 Å². The summed E-state index contributed by atoms with van der Waals surface area (Å²) in [5, 5.41) is 0. The van der Waals surface area contributed by atoms with Gasteiger partial charge in [0.2, 0.25) is 11.8 Å². The minimum atomic E-state index is -0.251. The van der Waals surface area contributed by atoms with Crippen LogP contribution in [-0.2, 0) is 16.0 Å². The summed E-state index contributed by atoms with van der Waals surface area (Å²) in [5.41, 5.74) is 3.17. The maximum absolute atomic E-state index is 13.0. The Kier molecular flexibility index (Phi) is 6.91. The highest BCUT2D eigenvalue weighted by molar-refractivity contribution is 5.83. The summed E-state index contributed by atoms with van der Waals surface area (Å²) in [7, 11) is 3.50. The van der Waals surface area contributed by atoms with E-state index in [1.165, 1.54) is 0 Å². The van der Waals surface area contributed by atoms with Gasteiger partial charge >= 0.3 is 0 Å². The van der Waals surface area contributed by atoms with Gasteiger partial charge in [-0.25, -0.2) is 0 Å². The van der Waals surface area contributed by atoms with Gasteiger partial charge in [0.05, 0.1) is 13.0 Å². The van der Waals surface area contributed by atoms with Crippen molar-refractivity contribution in [3.8, 4) is 16.9 Å². The molecule has 0 radical (unpaired) electrons. The molecule has 0 spiro atoms. The summed E-state index contributed by atoms with van der Waals surface area (Å²) < 4.78 is 5.55. The largest absolute Gasteiger partial charge is 0.496 e. The normalized spacial score (nSPS) is 17.2. The molecule has 2 amide bonds. The molecule has 5 nitrogen and oxygen atoms in total. The number of nitrogens with zero attached hydrogens (tertiary/aromatic N) is 2. The molecule has 1 aliphatic heterocycles. The van der Waals surface area contributed by atoms with Gasteiger partial charge in [0.1, 0.15) is 5.75 Å². The van der Waals surface area contributed by atoms with E-state index < -0.39 is 0 Å². The summed E-state index contributed by atoms with van der Waals surface area (Å²) in [4.78, 5) is 29.1. The third kappa shape index (κ3) is 4.78. The molecule has 2 aromatic rings. The number of likely N-dealkylation sites (N-methyl/N-ethyl adjacent to an activating group) is 1. The number of rotatable bonds is 6. The molecule has 3 rings (SSSR count). The second-order valence-electron chi connectivity index (χ2n) is 7.61. The molecular formula is C24H30N2O3. The van der Waals surface area contributed by atoms with Crippen molar-refractivity contribution in [2.24, 2.45) is 5.92 Å². The van der Waals surface area contributed by atoms with E-state index in [2.05, 4.69) is 12.1 Å². The standard InChI is InChI=1S/C24H30N2O3/c1-4-9-23(27)26-15-14-25(2)24(28)19(17-26)16-18-10-5-6-11-20(18)21-12-7-8-13-22(21)29-3/h5-8,10-13,19H,4,9,14-17H2,1-3H3/t19-/m1/s1. The van der Waals surface area contributed by atoms with Crippen LogP contribution in [0.1, 0.15) is 25.3 Å². The van der Waals surface area contributed by atoms with Crippen molar-refractivity contribution in [2.45, 2.75) is 26.2 Å². The molecular weight excluding hydrogens is 364 g/mol. The molecule has 1 heterocycles. The van der Waals surface area contributed by atoms with Crippen LogP contribution >= 0.6 is 0 Å². The lowest BCUT2D eigenvalue weighted by molar-refractivity contribution is -0.134. The van der Waals surface area contributed by atoms with Crippen LogP contribution in [0.25, 0.3) is 11.1 Å². The minimum Gasteiger partial charge on any atom is -0.496 e.